The second-order valence-corrected chi connectivity index (χ2v) is 1.67. The summed E-state index contributed by atoms with van der Waals surface area (Å²) in [6.45, 7) is 0.856. The second-order valence-electron chi connectivity index (χ2n) is 1.67. The van der Waals surface area contributed by atoms with E-state index >= 15 is 0 Å². The molecule has 1 fully saturated rings. The van der Waals surface area contributed by atoms with Gasteiger partial charge < -0.3 is 4.74 Å². The monoisotopic (exact) mass is 96.1 g/mol. The normalized spacial score (nSPS) is 29.9. The first kappa shape index (κ1) is 4.67. The Balaban J connectivity index is 2.31. The first-order valence-electron chi connectivity index (χ1n) is 2.51. The van der Waals surface area contributed by atoms with Crippen LogP contribution in [0.5, 0.6) is 0 Å². The molecule has 1 heteroatoms. The predicted octanol–water partition coefficient (Wildman–Crippen LogP) is 0.799. The van der Waals surface area contributed by atoms with E-state index in [2.05, 4.69) is 5.92 Å². The standard InChI is InChI=1S/C6H8O/c1-2-6-4-3-5-7-6/h1,6H,3-5H2/t6-/m0/s1. The minimum atomic E-state index is 0.125. The maximum atomic E-state index is 5.07. The molecule has 0 bridgehead atoms. The zero-order valence-electron chi connectivity index (χ0n) is 4.18. The number of ether oxygens (including phenoxy) is 1. The average Bonchev–Trinajstić information content (AvgIpc) is 2.14. The van der Waals surface area contributed by atoms with Crippen LogP contribution in [-0.4, -0.2) is 12.7 Å². The molecular formula is C6H8O. The average molecular weight is 96.1 g/mol. The van der Waals surface area contributed by atoms with Crippen LogP contribution in [0.3, 0.4) is 0 Å². The number of hydrogen-bond donors (Lipinski definition) is 0. The molecule has 1 rings (SSSR count). The number of terminal acetylenes is 1. The SMILES string of the molecule is C#C[C@H]1CCCO1. The van der Waals surface area contributed by atoms with Gasteiger partial charge in [-0.3, -0.25) is 0 Å². The zero-order valence-corrected chi connectivity index (χ0v) is 4.18. The van der Waals surface area contributed by atoms with E-state index in [-0.39, 0.29) is 6.10 Å². The van der Waals surface area contributed by atoms with Crippen molar-refractivity contribution in [3.05, 3.63) is 0 Å². The molecule has 1 heterocycles. The van der Waals surface area contributed by atoms with Gasteiger partial charge in [-0.2, -0.15) is 0 Å². The van der Waals surface area contributed by atoms with E-state index < -0.39 is 0 Å². The van der Waals surface area contributed by atoms with Crippen LogP contribution in [-0.2, 0) is 4.74 Å². The molecule has 0 amide bonds. The van der Waals surface area contributed by atoms with Crippen molar-refractivity contribution in [2.45, 2.75) is 18.9 Å². The van der Waals surface area contributed by atoms with Crippen LogP contribution in [0.2, 0.25) is 0 Å². The Morgan fingerprint density at radius 3 is 2.86 bits per heavy atom. The lowest BCUT2D eigenvalue weighted by Crippen LogP contribution is -1.98. The number of hydrogen-bond acceptors (Lipinski definition) is 1. The molecule has 0 spiro atoms. The molecule has 1 atom stereocenters. The van der Waals surface area contributed by atoms with Crippen molar-refractivity contribution in [1.82, 2.24) is 0 Å². The second kappa shape index (κ2) is 1.99. The molecule has 38 valence electrons. The third kappa shape index (κ3) is 0.942. The molecule has 0 N–H and O–H groups in total. The Bertz CT molecular complexity index is 84.8. The van der Waals surface area contributed by atoms with Crippen LogP contribution in [0.25, 0.3) is 0 Å². The van der Waals surface area contributed by atoms with Gasteiger partial charge >= 0.3 is 0 Å². The van der Waals surface area contributed by atoms with Crippen molar-refractivity contribution in [1.29, 1.82) is 0 Å². The molecule has 0 aromatic rings. The molecule has 1 aliphatic heterocycles. The lowest BCUT2D eigenvalue weighted by molar-refractivity contribution is 0.152. The van der Waals surface area contributed by atoms with E-state index in [4.69, 9.17) is 11.2 Å². The lowest BCUT2D eigenvalue weighted by Gasteiger charge is -1.94. The van der Waals surface area contributed by atoms with Crippen molar-refractivity contribution in [2.24, 2.45) is 0 Å². The van der Waals surface area contributed by atoms with E-state index in [1.54, 1.807) is 0 Å². The molecule has 0 radical (unpaired) electrons. The summed E-state index contributed by atoms with van der Waals surface area (Å²) in [5, 5.41) is 0. The molecule has 1 saturated heterocycles. The maximum absolute atomic E-state index is 5.07. The van der Waals surface area contributed by atoms with Gasteiger partial charge in [-0.15, -0.1) is 6.42 Å². The predicted molar refractivity (Wildman–Crippen MR) is 27.8 cm³/mol. The van der Waals surface area contributed by atoms with Gasteiger partial charge in [0.2, 0.25) is 0 Å². The third-order valence-corrected chi connectivity index (χ3v) is 1.12. The van der Waals surface area contributed by atoms with Crippen LogP contribution in [0.15, 0.2) is 0 Å². The van der Waals surface area contributed by atoms with Gasteiger partial charge in [-0.25, -0.2) is 0 Å². The molecule has 0 saturated carbocycles. The Morgan fingerprint density at radius 2 is 2.57 bits per heavy atom. The summed E-state index contributed by atoms with van der Waals surface area (Å²) >= 11 is 0. The largest absolute Gasteiger partial charge is 0.366 e. The molecule has 0 aromatic carbocycles. The summed E-state index contributed by atoms with van der Waals surface area (Å²) in [6.07, 6.45) is 7.37. The van der Waals surface area contributed by atoms with Gasteiger partial charge in [0, 0.05) is 6.61 Å². The zero-order chi connectivity index (χ0) is 5.11. The van der Waals surface area contributed by atoms with E-state index in [1.165, 1.54) is 0 Å². The number of rotatable bonds is 0. The van der Waals surface area contributed by atoms with Crippen LogP contribution < -0.4 is 0 Å². The first-order valence-corrected chi connectivity index (χ1v) is 2.51. The summed E-state index contributed by atoms with van der Waals surface area (Å²) in [5.74, 6) is 2.54. The van der Waals surface area contributed by atoms with Gasteiger partial charge in [0.05, 0.1) is 0 Å². The fourth-order valence-corrected chi connectivity index (χ4v) is 0.709. The summed E-state index contributed by atoms with van der Waals surface area (Å²) in [7, 11) is 0. The molecule has 7 heavy (non-hydrogen) atoms. The van der Waals surface area contributed by atoms with Crippen LogP contribution in [0.1, 0.15) is 12.8 Å². The van der Waals surface area contributed by atoms with Gasteiger partial charge in [-0.05, 0) is 12.8 Å². The quantitative estimate of drug-likeness (QED) is 0.405. The summed E-state index contributed by atoms with van der Waals surface area (Å²) < 4.78 is 5.07. The van der Waals surface area contributed by atoms with Gasteiger partial charge in [0.25, 0.3) is 0 Å². The Morgan fingerprint density at radius 1 is 1.71 bits per heavy atom. The van der Waals surface area contributed by atoms with Crippen LogP contribution in [0, 0.1) is 12.3 Å². The minimum absolute atomic E-state index is 0.125. The first-order chi connectivity index (χ1) is 3.43. The molecule has 0 aliphatic carbocycles. The van der Waals surface area contributed by atoms with Crippen molar-refractivity contribution < 1.29 is 4.74 Å². The topological polar surface area (TPSA) is 9.23 Å². The highest BCUT2D eigenvalue weighted by Crippen LogP contribution is 2.09. The Hall–Kier alpha value is -0.480. The highest BCUT2D eigenvalue weighted by Gasteiger charge is 2.10. The highest BCUT2D eigenvalue weighted by molar-refractivity contribution is 4.96. The van der Waals surface area contributed by atoms with Crippen LogP contribution >= 0.6 is 0 Å². The molecule has 1 nitrogen and oxygen atoms in total. The van der Waals surface area contributed by atoms with Crippen molar-refractivity contribution in [3.8, 4) is 12.3 Å². The van der Waals surface area contributed by atoms with E-state index in [9.17, 15) is 0 Å². The molecule has 0 unspecified atom stereocenters. The maximum Gasteiger partial charge on any atom is 0.118 e. The lowest BCUT2D eigenvalue weighted by atomic mass is 10.2. The summed E-state index contributed by atoms with van der Waals surface area (Å²) in [4.78, 5) is 0. The Labute approximate surface area is 43.7 Å². The van der Waals surface area contributed by atoms with E-state index in [1.807, 2.05) is 0 Å². The van der Waals surface area contributed by atoms with Crippen molar-refractivity contribution in [2.75, 3.05) is 6.61 Å². The van der Waals surface area contributed by atoms with Gasteiger partial charge in [-0.1, -0.05) is 5.92 Å². The molecule has 1 aliphatic rings. The van der Waals surface area contributed by atoms with Gasteiger partial charge in [0.15, 0.2) is 0 Å². The third-order valence-electron chi connectivity index (χ3n) is 1.12. The fourth-order valence-electron chi connectivity index (χ4n) is 0.709. The summed E-state index contributed by atoms with van der Waals surface area (Å²) in [6, 6.07) is 0. The van der Waals surface area contributed by atoms with Crippen molar-refractivity contribution >= 4 is 0 Å². The minimum Gasteiger partial charge on any atom is -0.366 e. The summed E-state index contributed by atoms with van der Waals surface area (Å²) in [5.41, 5.74) is 0. The molecular weight excluding hydrogens is 88.1 g/mol. The Kier molecular flexibility index (Phi) is 1.33. The van der Waals surface area contributed by atoms with E-state index in [0.717, 1.165) is 19.4 Å². The van der Waals surface area contributed by atoms with Crippen molar-refractivity contribution in [3.63, 3.8) is 0 Å². The fraction of sp³-hybridized carbons (Fsp3) is 0.667. The van der Waals surface area contributed by atoms with Gasteiger partial charge in [0.1, 0.15) is 6.10 Å². The molecule has 0 aromatic heterocycles. The van der Waals surface area contributed by atoms with E-state index in [0.29, 0.717) is 0 Å². The smallest absolute Gasteiger partial charge is 0.118 e. The van der Waals surface area contributed by atoms with Crippen LogP contribution in [0.4, 0.5) is 0 Å². The highest BCUT2D eigenvalue weighted by atomic mass is 16.5.